The summed E-state index contributed by atoms with van der Waals surface area (Å²) >= 11 is 0. The largest absolute Gasteiger partial charge is 0.310 e. The van der Waals surface area contributed by atoms with E-state index < -0.39 is 0 Å². The molecule has 0 aromatic carbocycles. The first-order valence-corrected chi connectivity index (χ1v) is 7.35. The quantitative estimate of drug-likeness (QED) is 0.790. The molecule has 1 fully saturated rings. The van der Waals surface area contributed by atoms with Crippen LogP contribution in [-0.2, 0) is 4.79 Å². The SMILES string of the molecule is CC(C)N[C@H]1C[C@@H](CC(=O)C(C)C)N(C(C)C)C1. The minimum Gasteiger partial charge on any atom is -0.310 e. The maximum absolute atomic E-state index is 11.9. The van der Waals surface area contributed by atoms with Crippen molar-refractivity contribution in [2.75, 3.05) is 6.54 Å². The molecule has 18 heavy (non-hydrogen) atoms. The Hall–Kier alpha value is -0.410. The van der Waals surface area contributed by atoms with Crippen molar-refractivity contribution in [2.24, 2.45) is 5.92 Å². The summed E-state index contributed by atoms with van der Waals surface area (Å²) < 4.78 is 0. The standard InChI is InChI=1S/C15H30N2O/c1-10(2)15(18)8-14-7-13(16-11(3)4)9-17(14)12(5)6/h10-14,16H,7-9H2,1-6H3/t13-,14-/m0/s1. The van der Waals surface area contributed by atoms with Gasteiger partial charge in [-0.05, 0) is 20.3 Å². The van der Waals surface area contributed by atoms with Crippen LogP contribution in [-0.4, -0.2) is 41.4 Å². The monoisotopic (exact) mass is 254 g/mol. The number of rotatable bonds is 6. The lowest BCUT2D eigenvalue weighted by atomic mass is 9.99. The van der Waals surface area contributed by atoms with E-state index in [1.807, 2.05) is 13.8 Å². The van der Waals surface area contributed by atoms with E-state index in [-0.39, 0.29) is 5.92 Å². The number of Topliss-reactive ketones (excluding diaryl/α,β-unsaturated/α-hetero) is 1. The molecule has 0 aromatic heterocycles. The van der Waals surface area contributed by atoms with Gasteiger partial charge in [0.1, 0.15) is 5.78 Å². The van der Waals surface area contributed by atoms with Crippen LogP contribution in [0.25, 0.3) is 0 Å². The molecule has 1 aliphatic rings. The van der Waals surface area contributed by atoms with Gasteiger partial charge in [0.25, 0.3) is 0 Å². The molecule has 1 rings (SSSR count). The zero-order valence-electron chi connectivity index (χ0n) is 12.9. The van der Waals surface area contributed by atoms with Crippen LogP contribution in [0, 0.1) is 5.92 Å². The van der Waals surface area contributed by atoms with Crippen molar-refractivity contribution in [3.8, 4) is 0 Å². The zero-order chi connectivity index (χ0) is 13.9. The molecule has 0 aliphatic carbocycles. The van der Waals surface area contributed by atoms with Crippen LogP contribution in [0.5, 0.6) is 0 Å². The number of ketones is 1. The Bertz CT molecular complexity index is 274. The summed E-state index contributed by atoms with van der Waals surface area (Å²) in [5, 5.41) is 3.61. The zero-order valence-corrected chi connectivity index (χ0v) is 12.9. The van der Waals surface area contributed by atoms with E-state index in [4.69, 9.17) is 0 Å². The molecule has 1 N–H and O–H groups in total. The van der Waals surface area contributed by atoms with Gasteiger partial charge in [0.05, 0.1) is 0 Å². The number of hydrogen-bond acceptors (Lipinski definition) is 3. The minimum atomic E-state index is 0.163. The first kappa shape index (κ1) is 15.6. The van der Waals surface area contributed by atoms with Gasteiger partial charge in [-0.2, -0.15) is 0 Å². The highest BCUT2D eigenvalue weighted by atomic mass is 16.1. The van der Waals surface area contributed by atoms with E-state index in [1.165, 1.54) is 0 Å². The molecule has 2 atom stereocenters. The van der Waals surface area contributed by atoms with Gasteiger partial charge in [-0.25, -0.2) is 0 Å². The number of nitrogens with one attached hydrogen (secondary N) is 1. The van der Waals surface area contributed by atoms with E-state index >= 15 is 0 Å². The maximum atomic E-state index is 11.9. The molecular formula is C15H30N2O. The van der Waals surface area contributed by atoms with Gasteiger partial charge in [0.15, 0.2) is 0 Å². The lowest BCUT2D eigenvalue weighted by molar-refractivity contribution is -0.123. The Morgan fingerprint density at radius 2 is 1.83 bits per heavy atom. The minimum absolute atomic E-state index is 0.163. The molecule has 0 radical (unpaired) electrons. The van der Waals surface area contributed by atoms with Crippen LogP contribution >= 0.6 is 0 Å². The first-order chi connectivity index (χ1) is 8.31. The summed E-state index contributed by atoms with van der Waals surface area (Å²) in [5.74, 6) is 0.562. The number of hydrogen-bond donors (Lipinski definition) is 1. The van der Waals surface area contributed by atoms with Crippen molar-refractivity contribution < 1.29 is 4.79 Å². The van der Waals surface area contributed by atoms with Gasteiger partial charge < -0.3 is 5.32 Å². The molecule has 1 saturated heterocycles. The molecule has 0 aromatic rings. The average molecular weight is 254 g/mol. The summed E-state index contributed by atoms with van der Waals surface area (Å²) in [6, 6.07) is 2.01. The molecule has 1 heterocycles. The van der Waals surface area contributed by atoms with E-state index in [0.29, 0.717) is 36.4 Å². The molecular weight excluding hydrogens is 224 g/mol. The molecule has 3 heteroatoms. The van der Waals surface area contributed by atoms with Crippen molar-refractivity contribution >= 4 is 5.78 Å². The Balaban J connectivity index is 2.61. The molecule has 0 amide bonds. The number of carbonyl (C=O) groups is 1. The average Bonchev–Trinajstić information content (AvgIpc) is 2.59. The number of carbonyl (C=O) groups excluding carboxylic acids is 1. The van der Waals surface area contributed by atoms with Gasteiger partial charge in [-0.15, -0.1) is 0 Å². The van der Waals surface area contributed by atoms with Crippen molar-refractivity contribution in [2.45, 2.75) is 78.6 Å². The molecule has 1 aliphatic heterocycles. The van der Waals surface area contributed by atoms with E-state index in [1.54, 1.807) is 0 Å². The first-order valence-electron chi connectivity index (χ1n) is 7.35. The fourth-order valence-electron chi connectivity index (χ4n) is 2.84. The van der Waals surface area contributed by atoms with Gasteiger partial charge in [-0.1, -0.05) is 27.7 Å². The third-order valence-corrected chi connectivity index (χ3v) is 3.77. The summed E-state index contributed by atoms with van der Waals surface area (Å²) in [6.45, 7) is 13.9. The number of nitrogens with zero attached hydrogens (tertiary/aromatic N) is 1. The highest BCUT2D eigenvalue weighted by molar-refractivity contribution is 5.80. The second-order valence-electron chi connectivity index (χ2n) is 6.52. The van der Waals surface area contributed by atoms with Gasteiger partial charge in [0.2, 0.25) is 0 Å². The summed E-state index contributed by atoms with van der Waals surface area (Å²) in [4.78, 5) is 14.4. The van der Waals surface area contributed by atoms with Crippen molar-refractivity contribution in [1.29, 1.82) is 0 Å². The van der Waals surface area contributed by atoms with Crippen molar-refractivity contribution in [3.05, 3.63) is 0 Å². The maximum Gasteiger partial charge on any atom is 0.136 e. The summed E-state index contributed by atoms with van der Waals surface area (Å²) in [7, 11) is 0. The lowest BCUT2D eigenvalue weighted by Crippen LogP contribution is -2.40. The van der Waals surface area contributed by atoms with Crippen molar-refractivity contribution in [1.82, 2.24) is 10.2 Å². The second kappa shape index (κ2) is 6.67. The van der Waals surface area contributed by atoms with Gasteiger partial charge in [-0.3, -0.25) is 9.69 Å². The molecule has 0 unspecified atom stereocenters. The molecule has 0 bridgehead atoms. The highest BCUT2D eigenvalue weighted by Crippen LogP contribution is 2.24. The fourth-order valence-corrected chi connectivity index (χ4v) is 2.84. The molecule has 0 spiro atoms. The predicted octanol–water partition coefficient (Wildman–Crippen LogP) is 2.45. The van der Waals surface area contributed by atoms with Crippen LogP contribution in [0.4, 0.5) is 0 Å². The van der Waals surface area contributed by atoms with Crippen molar-refractivity contribution in [3.63, 3.8) is 0 Å². The lowest BCUT2D eigenvalue weighted by Gasteiger charge is -2.28. The third-order valence-electron chi connectivity index (χ3n) is 3.77. The van der Waals surface area contributed by atoms with Crippen LogP contribution in [0.1, 0.15) is 54.4 Å². The van der Waals surface area contributed by atoms with E-state index in [0.717, 1.165) is 13.0 Å². The Kier molecular flexibility index (Phi) is 5.80. The molecule has 106 valence electrons. The number of likely N-dealkylation sites (tertiary alicyclic amines) is 1. The van der Waals surface area contributed by atoms with Crippen LogP contribution in [0.15, 0.2) is 0 Å². The van der Waals surface area contributed by atoms with E-state index in [2.05, 4.69) is 37.9 Å². The smallest absolute Gasteiger partial charge is 0.136 e. The Labute approximate surface area is 112 Å². The topological polar surface area (TPSA) is 32.3 Å². The fraction of sp³-hybridized carbons (Fsp3) is 0.933. The Morgan fingerprint density at radius 1 is 1.22 bits per heavy atom. The normalized spacial score (nSPS) is 25.6. The summed E-state index contributed by atoms with van der Waals surface area (Å²) in [6.07, 6.45) is 1.82. The highest BCUT2D eigenvalue weighted by Gasteiger charge is 2.34. The van der Waals surface area contributed by atoms with E-state index in [9.17, 15) is 4.79 Å². The third kappa shape index (κ3) is 4.36. The van der Waals surface area contributed by atoms with Crippen LogP contribution in [0.3, 0.4) is 0 Å². The molecule has 0 saturated carbocycles. The van der Waals surface area contributed by atoms with Crippen LogP contribution in [0.2, 0.25) is 0 Å². The molecule has 3 nitrogen and oxygen atoms in total. The van der Waals surface area contributed by atoms with Gasteiger partial charge in [0, 0.05) is 43.1 Å². The Morgan fingerprint density at radius 3 is 2.28 bits per heavy atom. The summed E-state index contributed by atoms with van der Waals surface area (Å²) in [5.41, 5.74) is 0. The van der Waals surface area contributed by atoms with Crippen LogP contribution < -0.4 is 5.32 Å². The second-order valence-corrected chi connectivity index (χ2v) is 6.52. The van der Waals surface area contributed by atoms with Gasteiger partial charge >= 0.3 is 0 Å². The predicted molar refractivity (Wildman–Crippen MR) is 76.8 cm³/mol.